The zero-order valence-corrected chi connectivity index (χ0v) is 21.8. The van der Waals surface area contributed by atoms with Gasteiger partial charge in [-0.25, -0.2) is 0 Å². The molecule has 4 heteroatoms. The van der Waals surface area contributed by atoms with E-state index in [0.29, 0.717) is 11.1 Å². The molecule has 0 aliphatic heterocycles. The first-order valence-corrected chi connectivity index (χ1v) is 12.8. The Labute approximate surface area is 226 Å². The van der Waals surface area contributed by atoms with Gasteiger partial charge in [-0.05, 0) is 53.8 Å². The van der Waals surface area contributed by atoms with E-state index in [0.717, 1.165) is 55.2 Å². The van der Waals surface area contributed by atoms with Gasteiger partial charge >= 0.3 is 0 Å². The second kappa shape index (κ2) is 9.58. The number of fused-ring (bicyclic) bond motifs is 3. The molecular formula is C35H27N3O. The number of aromatic nitrogens is 2. The van der Waals surface area contributed by atoms with Crippen molar-refractivity contribution in [2.45, 2.75) is 6.92 Å². The number of hydrogen-bond donors (Lipinski definition) is 0. The summed E-state index contributed by atoms with van der Waals surface area (Å²) in [7, 11) is 0. The second-order valence-electron chi connectivity index (χ2n) is 9.54. The molecule has 0 fully saturated rings. The minimum absolute atomic E-state index is 0.0869. The maximum atomic E-state index is 14.0. The molecule has 6 aromatic rings. The van der Waals surface area contributed by atoms with Crippen molar-refractivity contribution in [1.82, 2.24) is 9.13 Å². The molecule has 0 amide bonds. The summed E-state index contributed by atoms with van der Waals surface area (Å²) in [5, 5.41) is 3.94. The van der Waals surface area contributed by atoms with Crippen molar-refractivity contribution >= 4 is 46.4 Å². The summed E-state index contributed by atoms with van der Waals surface area (Å²) in [5.41, 5.74) is 5.77. The lowest BCUT2D eigenvalue weighted by molar-refractivity contribution is 0.964. The molecule has 2 aromatic heterocycles. The van der Waals surface area contributed by atoms with E-state index in [1.54, 1.807) is 4.57 Å². The van der Waals surface area contributed by atoms with E-state index in [1.165, 1.54) is 0 Å². The Bertz CT molecular complexity index is 2080. The SMILES string of the molecule is C=C(/N=C(\C)c1cccc(-n2c(=C)c(=C)c3c4ccccc4c(=O)n(-c4ccccc4)c32)c1)c1ccccc1. The maximum absolute atomic E-state index is 14.0. The van der Waals surface area contributed by atoms with Crippen LogP contribution in [0.5, 0.6) is 0 Å². The van der Waals surface area contributed by atoms with Crippen LogP contribution in [0.1, 0.15) is 18.1 Å². The third kappa shape index (κ3) is 4.03. The predicted molar refractivity (Wildman–Crippen MR) is 164 cm³/mol. The lowest BCUT2D eigenvalue weighted by Crippen LogP contribution is -2.26. The Morgan fingerprint density at radius 1 is 0.692 bits per heavy atom. The highest BCUT2D eigenvalue weighted by Crippen LogP contribution is 2.25. The predicted octanol–water partition coefficient (Wildman–Crippen LogP) is 6.24. The van der Waals surface area contributed by atoms with Crippen molar-refractivity contribution in [2.24, 2.45) is 4.99 Å². The van der Waals surface area contributed by atoms with E-state index in [1.807, 2.05) is 115 Å². The number of benzene rings is 4. The summed E-state index contributed by atoms with van der Waals surface area (Å²) in [6.45, 7) is 15.0. The van der Waals surface area contributed by atoms with Gasteiger partial charge in [-0.3, -0.25) is 18.9 Å². The van der Waals surface area contributed by atoms with Crippen LogP contribution in [0.15, 0.2) is 126 Å². The lowest BCUT2D eigenvalue weighted by Gasteiger charge is -2.15. The molecule has 0 saturated heterocycles. The molecule has 0 radical (unpaired) electrons. The maximum Gasteiger partial charge on any atom is 0.264 e. The van der Waals surface area contributed by atoms with Crippen LogP contribution in [-0.4, -0.2) is 14.8 Å². The van der Waals surface area contributed by atoms with E-state index in [2.05, 4.69) is 25.8 Å². The van der Waals surface area contributed by atoms with Crippen LogP contribution < -0.4 is 16.1 Å². The molecule has 0 atom stereocenters. The van der Waals surface area contributed by atoms with E-state index in [-0.39, 0.29) is 5.56 Å². The van der Waals surface area contributed by atoms with Crippen LogP contribution >= 0.6 is 0 Å². The zero-order chi connectivity index (χ0) is 27.1. The molecule has 0 saturated carbocycles. The van der Waals surface area contributed by atoms with Gasteiger partial charge in [-0.1, -0.05) is 98.6 Å². The van der Waals surface area contributed by atoms with Crippen LogP contribution in [0.3, 0.4) is 0 Å². The van der Waals surface area contributed by atoms with Gasteiger partial charge in [0.25, 0.3) is 5.56 Å². The number of aliphatic imine (C=N–C) groups is 1. The van der Waals surface area contributed by atoms with Crippen molar-refractivity contribution in [1.29, 1.82) is 0 Å². The van der Waals surface area contributed by atoms with Gasteiger partial charge in [0.15, 0.2) is 0 Å². The van der Waals surface area contributed by atoms with E-state index < -0.39 is 0 Å². The summed E-state index contributed by atoms with van der Waals surface area (Å²) in [6, 6.07) is 35.4. The zero-order valence-electron chi connectivity index (χ0n) is 21.8. The molecule has 188 valence electrons. The minimum Gasteiger partial charge on any atom is -0.296 e. The van der Waals surface area contributed by atoms with Crippen molar-refractivity contribution in [3.63, 3.8) is 0 Å². The number of nitrogens with zero attached hydrogens (tertiary/aromatic N) is 3. The van der Waals surface area contributed by atoms with Gasteiger partial charge < -0.3 is 0 Å². The van der Waals surface area contributed by atoms with Crippen molar-refractivity contribution < 1.29 is 0 Å². The molecular weight excluding hydrogens is 478 g/mol. The van der Waals surface area contributed by atoms with Crippen molar-refractivity contribution in [3.8, 4) is 11.4 Å². The van der Waals surface area contributed by atoms with Gasteiger partial charge in [-0.2, -0.15) is 0 Å². The van der Waals surface area contributed by atoms with E-state index in [4.69, 9.17) is 4.99 Å². The molecule has 0 aliphatic carbocycles. The molecule has 0 bridgehead atoms. The molecule has 4 nitrogen and oxygen atoms in total. The third-order valence-electron chi connectivity index (χ3n) is 7.14. The fourth-order valence-electron chi connectivity index (χ4n) is 5.18. The Balaban J connectivity index is 1.63. The van der Waals surface area contributed by atoms with E-state index >= 15 is 0 Å². The monoisotopic (exact) mass is 505 g/mol. The minimum atomic E-state index is -0.0869. The van der Waals surface area contributed by atoms with Crippen LogP contribution in [0, 0.1) is 0 Å². The fourth-order valence-corrected chi connectivity index (χ4v) is 5.18. The number of hydrogen-bond acceptors (Lipinski definition) is 2. The standard InChI is InChI=1S/C35H27N3O/c1-23-26(4)37(30-19-13-16-28(22-30)25(3)36-24(2)27-14-7-5-8-15-27)34-33(23)31-20-11-12-21-32(31)35(39)38(34)29-17-9-6-10-18-29/h5-22H,1-2,4H2,3H3/b36-25+. The van der Waals surface area contributed by atoms with Crippen LogP contribution in [0.2, 0.25) is 0 Å². The van der Waals surface area contributed by atoms with Gasteiger partial charge in [0.05, 0.1) is 11.4 Å². The van der Waals surface area contributed by atoms with Gasteiger partial charge in [-0.15, -0.1) is 0 Å². The highest BCUT2D eigenvalue weighted by Gasteiger charge is 2.19. The summed E-state index contributed by atoms with van der Waals surface area (Å²) in [6.07, 6.45) is 0. The highest BCUT2D eigenvalue weighted by molar-refractivity contribution is 6.06. The summed E-state index contributed by atoms with van der Waals surface area (Å²) in [4.78, 5) is 18.8. The lowest BCUT2D eigenvalue weighted by atomic mass is 10.1. The quantitative estimate of drug-likeness (QED) is 0.256. The van der Waals surface area contributed by atoms with Crippen LogP contribution in [-0.2, 0) is 0 Å². The number of para-hydroxylation sites is 1. The number of rotatable bonds is 5. The normalized spacial score (nSPS) is 11.8. The average Bonchev–Trinajstić information content (AvgIpc) is 3.24. The van der Waals surface area contributed by atoms with Crippen molar-refractivity contribution in [3.05, 3.63) is 148 Å². The molecule has 0 spiro atoms. The number of pyridine rings is 1. The van der Waals surface area contributed by atoms with Crippen LogP contribution in [0.25, 0.3) is 52.0 Å². The van der Waals surface area contributed by atoms with E-state index in [9.17, 15) is 4.79 Å². The largest absolute Gasteiger partial charge is 0.296 e. The second-order valence-corrected chi connectivity index (χ2v) is 9.54. The molecule has 6 rings (SSSR count). The molecule has 0 N–H and O–H groups in total. The molecule has 2 heterocycles. The smallest absolute Gasteiger partial charge is 0.264 e. The third-order valence-corrected chi connectivity index (χ3v) is 7.14. The van der Waals surface area contributed by atoms with Gasteiger partial charge in [0.1, 0.15) is 5.65 Å². The van der Waals surface area contributed by atoms with Crippen molar-refractivity contribution in [2.75, 3.05) is 0 Å². The molecule has 4 aromatic carbocycles. The fraction of sp³-hybridized carbons (Fsp3) is 0.0286. The average molecular weight is 506 g/mol. The Morgan fingerprint density at radius 3 is 2.00 bits per heavy atom. The first kappa shape index (κ1) is 24.1. The molecule has 39 heavy (non-hydrogen) atoms. The first-order chi connectivity index (χ1) is 19.0. The molecule has 0 aliphatic rings. The topological polar surface area (TPSA) is 39.3 Å². The molecule has 0 unspecified atom stereocenters. The summed E-state index contributed by atoms with van der Waals surface area (Å²) >= 11 is 0. The van der Waals surface area contributed by atoms with Crippen LogP contribution in [0.4, 0.5) is 0 Å². The Hall–Kier alpha value is -5.22. The Kier molecular flexibility index (Phi) is 5.93. The van der Waals surface area contributed by atoms with Gasteiger partial charge in [0.2, 0.25) is 0 Å². The highest BCUT2D eigenvalue weighted by atomic mass is 16.1. The summed E-state index contributed by atoms with van der Waals surface area (Å²) < 4.78 is 3.80. The first-order valence-electron chi connectivity index (χ1n) is 12.8. The summed E-state index contributed by atoms with van der Waals surface area (Å²) in [5.74, 6) is 0. The Morgan fingerprint density at radius 2 is 1.28 bits per heavy atom. The van der Waals surface area contributed by atoms with Gasteiger partial charge in [0, 0.05) is 32.7 Å².